The monoisotopic (exact) mass is 462 g/mol. The van der Waals surface area contributed by atoms with Crippen molar-refractivity contribution in [3.63, 3.8) is 0 Å². The quantitative estimate of drug-likeness (QED) is 0.445. The number of benzene rings is 3. The lowest BCUT2D eigenvalue weighted by molar-refractivity contribution is 0.693. The molecule has 5 aromatic rings. The summed E-state index contributed by atoms with van der Waals surface area (Å²) in [6.45, 7) is 0. The number of aryl methyl sites for hydroxylation is 1. The van der Waals surface area contributed by atoms with Gasteiger partial charge in [0.15, 0.2) is 11.2 Å². The molecule has 0 saturated heterocycles. The van der Waals surface area contributed by atoms with Crippen LogP contribution in [-0.4, -0.2) is 24.4 Å². The van der Waals surface area contributed by atoms with Gasteiger partial charge in [0, 0.05) is 19.7 Å². The van der Waals surface area contributed by atoms with E-state index in [1.165, 1.54) is 11.6 Å². The molecular weight excluding hydrogens is 440 g/mol. The van der Waals surface area contributed by atoms with Crippen molar-refractivity contribution in [3.8, 4) is 11.1 Å². The molecule has 8 nitrogen and oxygen atoms in total. The number of anilines is 1. The van der Waals surface area contributed by atoms with E-state index >= 15 is 0 Å². The van der Waals surface area contributed by atoms with Crippen molar-refractivity contribution in [2.45, 2.75) is 6.04 Å². The minimum Gasteiger partial charge on any atom is -0.289 e. The van der Waals surface area contributed by atoms with Crippen molar-refractivity contribution >= 4 is 22.8 Å². The van der Waals surface area contributed by atoms with Gasteiger partial charge in [-0.3, -0.25) is 18.5 Å². The van der Waals surface area contributed by atoms with Gasteiger partial charge in [-0.05, 0) is 16.7 Å². The molecule has 0 spiro atoms. The molecule has 0 aliphatic carbocycles. The summed E-state index contributed by atoms with van der Waals surface area (Å²) in [5, 5.41) is 4.69. The Morgan fingerprint density at radius 1 is 0.743 bits per heavy atom. The minimum atomic E-state index is -0.424. The Balaban J connectivity index is 1.56. The van der Waals surface area contributed by atoms with E-state index < -0.39 is 17.3 Å². The van der Waals surface area contributed by atoms with E-state index in [2.05, 4.69) is 39.8 Å². The van der Waals surface area contributed by atoms with Crippen LogP contribution < -0.4 is 16.7 Å². The largest absolute Gasteiger partial charge is 0.332 e. The molecule has 0 saturated carbocycles. The van der Waals surface area contributed by atoms with Crippen LogP contribution in [0, 0.1) is 0 Å². The van der Waals surface area contributed by atoms with E-state index in [9.17, 15) is 9.59 Å². The SMILES string of the molecule is Cn1c(=O)c2c(nc3n2[C@@H](c2ccccc2)C(c2ccc(-c4ccccc4)cc2)=NN3)n(C)c1=O. The van der Waals surface area contributed by atoms with E-state index in [0.29, 0.717) is 17.1 Å². The lowest BCUT2D eigenvalue weighted by Gasteiger charge is -2.27. The lowest BCUT2D eigenvalue weighted by atomic mass is 9.94. The van der Waals surface area contributed by atoms with Gasteiger partial charge < -0.3 is 0 Å². The summed E-state index contributed by atoms with van der Waals surface area (Å²) in [4.78, 5) is 30.4. The molecule has 6 rings (SSSR count). The molecule has 1 aliphatic rings. The molecule has 1 N–H and O–H groups in total. The van der Waals surface area contributed by atoms with Crippen LogP contribution in [0.4, 0.5) is 5.95 Å². The summed E-state index contributed by atoms with van der Waals surface area (Å²) >= 11 is 0. The van der Waals surface area contributed by atoms with Gasteiger partial charge >= 0.3 is 5.69 Å². The van der Waals surface area contributed by atoms with Crippen molar-refractivity contribution in [2.75, 3.05) is 5.43 Å². The molecule has 3 aromatic carbocycles. The highest BCUT2D eigenvalue weighted by molar-refractivity contribution is 6.07. The number of hydrazone groups is 1. The van der Waals surface area contributed by atoms with Crippen molar-refractivity contribution in [3.05, 3.63) is 117 Å². The van der Waals surface area contributed by atoms with Crippen LogP contribution in [0.3, 0.4) is 0 Å². The third kappa shape index (κ3) is 3.22. The first-order valence-electron chi connectivity index (χ1n) is 11.3. The summed E-state index contributed by atoms with van der Waals surface area (Å²) in [5.41, 5.74) is 7.72. The summed E-state index contributed by atoms with van der Waals surface area (Å²) in [5.74, 6) is 0.414. The fraction of sp³-hybridized carbons (Fsp3) is 0.111. The predicted molar refractivity (Wildman–Crippen MR) is 137 cm³/mol. The number of fused-ring (bicyclic) bond motifs is 3. The fourth-order valence-corrected chi connectivity index (χ4v) is 4.67. The van der Waals surface area contributed by atoms with Crippen LogP contribution >= 0.6 is 0 Å². The van der Waals surface area contributed by atoms with Gasteiger partial charge in [0.2, 0.25) is 5.95 Å². The second-order valence-corrected chi connectivity index (χ2v) is 8.55. The van der Waals surface area contributed by atoms with Gasteiger partial charge in [0.25, 0.3) is 5.56 Å². The smallest absolute Gasteiger partial charge is 0.289 e. The first-order valence-corrected chi connectivity index (χ1v) is 11.3. The number of imidazole rings is 1. The number of aromatic nitrogens is 4. The highest BCUT2D eigenvalue weighted by Crippen LogP contribution is 2.34. The zero-order valence-electron chi connectivity index (χ0n) is 19.2. The van der Waals surface area contributed by atoms with Crippen LogP contribution in [0.2, 0.25) is 0 Å². The van der Waals surface area contributed by atoms with E-state index in [0.717, 1.165) is 32.5 Å². The molecule has 172 valence electrons. The molecule has 0 unspecified atom stereocenters. The van der Waals surface area contributed by atoms with Crippen LogP contribution in [0.25, 0.3) is 22.3 Å². The molecule has 1 atom stereocenters. The van der Waals surface area contributed by atoms with Crippen LogP contribution in [0.15, 0.2) is 99.6 Å². The minimum absolute atomic E-state index is 0.317. The fourth-order valence-electron chi connectivity index (χ4n) is 4.67. The zero-order valence-corrected chi connectivity index (χ0v) is 19.2. The number of hydrogen-bond donors (Lipinski definition) is 1. The van der Waals surface area contributed by atoms with E-state index in [-0.39, 0.29) is 0 Å². The van der Waals surface area contributed by atoms with Gasteiger partial charge in [-0.15, -0.1) is 0 Å². The molecule has 0 radical (unpaired) electrons. The first-order chi connectivity index (χ1) is 17.0. The van der Waals surface area contributed by atoms with Gasteiger partial charge in [0.1, 0.15) is 6.04 Å². The molecule has 0 amide bonds. The maximum absolute atomic E-state index is 13.3. The Bertz CT molecular complexity index is 1710. The highest BCUT2D eigenvalue weighted by Gasteiger charge is 2.32. The summed E-state index contributed by atoms with van der Waals surface area (Å²) < 4.78 is 4.35. The molecule has 0 bridgehead atoms. The van der Waals surface area contributed by atoms with Crippen LogP contribution in [0.1, 0.15) is 17.2 Å². The molecule has 35 heavy (non-hydrogen) atoms. The highest BCUT2D eigenvalue weighted by atomic mass is 16.2. The lowest BCUT2D eigenvalue weighted by Crippen LogP contribution is -2.38. The zero-order chi connectivity index (χ0) is 24.1. The van der Waals surface area contributed by atoms with Crippen molar-refractivity contribution in [1.29, 1.82) is 0 Å². The molecule has 0 fully saturated rings. The standard InChI is InChI=1S/C27H22N6O2/c1-31-24-23(25(34)32(2)27(31)35)33-22(20-11-7-4-8-12-20)21(29-30-26(33)28-24)19-15-13-18(14-16-19)17-9-5-3-6-10-17/h3-16,22H,1-2H3,(H,28,30)/t22-/m0/s1. The van der Waals surface area contributed by atoms with Gasteiger partial charge in [-0.25, -0.2) is 10.2 Å². The Hall–Kier alpha value is -4.72. The topological polar surface area (TPSA) is 86.2 Å². The van der Waals surface area contributed by atoms with Gasteiger partial charge in [-0.1, -0.05) is 84.9 Å². The molecular formula is C27H22N6O2. The van der Waals surface area contributed by atoms with Crippen molar-refractivity contribution < 1.29 is 0 Å². The Kier molecular flexibility index (Phi) is 4.74. The average molecular weight is 463 g/mol. The molecule has 8 heteroatoms. The maximum Gasteiger partial charge on any atom is 0.332 e. The van der Waals surface area contributed by atoms with E-state index in [1.807, 2.05) is 65.2 Å². The van der Waals surface area contributed by atoms with Gasteiger partial charge in [0.05, 0.1) is 5.71 Å². The third-order valence-electron chi connectivity index (χ3n) is 6.49. The Morgan fingerprint density at radius 2 is 1.34 bits per heavy atom. The summed E-state index contributed by atoms with van der Waals surface area (Å²) in [6.07, 6.45) is 0. The van der Waals surface area contributed by atoms with Crippen LogP contribution in [-0.2, 0) is 14.1 Å². The Labute approximate surface area is 200 Å². The number of nitrogens with one attached hydrogen (secondary N) is 1. The molecule has 1 aliphatic heterocycles. The van der Waals surface area contributed by atoms with Gasteiger partial charge in [-0.2, -0.15) is 10.1 Å². The number of nitrogens with zero attached hydrogens (tertiary/aromatic N) is 5. The van der Waals surface area contributed by atoms with Crippen molar-refractivity contribution in [1.82, 2.24) is 18.7 Å². The van der Waals surface area contributed by atoms with E-state index in [1.54, 1.807) is 7.05 Å². The van der Waals surface area contributed by atoms with Crippen molar-refractivity contribution in [2.24, 2.45) is 19.2 Å². The van der Waals surface area contributed by atoms with Crippen LogP contribution in [0.5, 0.6) is 0 Å². The summed E-state index contributed by atoms with van der Waals surface area (Å²) in [6, 6.07) is 27.9. The predicted octanol–water partition coefficient (Wildman–Crippen LogP) is 3.52. The molecule has 2 aromatic heterocycles. The molecule has 3 heterocycles. The third-order valence-corrected chi connectivity index (χ3v) is 6.49. The van der Waals surface area contributed by atoms with E-state index in [4.69, 9.17) is 0 Å². The number of hydrogen-bond acceptors (Lipinski definition) is 5. The Morgan fingerprint density at radius 3 is 2.03 bits per heavy atom. The second-order valence-electron chi connectivity index (χ2n) is 8.55. The first kappa shape index (κ1) is 20.9. The summed E-state index contributed by atoms with van der Waals surface area (Å²) in [7, 11) is 3.10. The normalized spacial score (nSPS) is 14.9. The second kappa shape index (κ2) is 7.95. The number of rotatable bonds is 3. The maximum atomic E-state index is 13.3. The average Bonchev–Trinajstić information content (AvgIpc) is 3.31.